The van der Waals surface area contributed by atoms with Crippen LogP contribution in [0.25, 0.3) is 0 Å². The molecule has 0 spiro atoms. The van der Waals surface area contributed by atoms with Crippen molar-refractivity contribution in [1.82, 2.24) is 9.55 Å². The van der Waals surface area contributed by atoms with Crippen molar-refractivity contribution in [2.24, 2.45) is 5.92 Å². The van der Waals surface area contributed by atoms with Gasteiger partial charge in [0.1, 0.15) is 17.1 Å². The predicted octanol–water partition coefficient (Wildman–Crippen LogP) is 2.03. The summed E-state index contributed by atoms with van der Waals surface area (Å²) in [5, 5.41) is 9.94. The number of nitrogens with two attached hydrogens (primary N) is 1. The fourth-order valence-electron chi connectivity index (χ4n) is 3.54. The Labute approximate surface area is 201 Å². The highest BCUT2D eigenvalue weighted by atomic mass is 16.5. The van der Waals surface area contributed by atoms with Crippen LogP contribution in [-0.4, -0.2) is 39.7 Å². The van der Waals surface area contributed by atoms with E-state index in [-0.39, 0.29) is 41.8 Å². The van der Waals surface area contributed by atoms with Gasteiger partial charge in [0.25, 0.3) is 11.5 Å². The molecule has 0 fully saturated rings. The highest BCUT2D eigenvalue weighted by Crippen LogP contribution is 2.21. The summed E-state index contributed by atoms with van der Waals surface area (Å²) >= 11 is 0. The summed E-state index contributed by atoms with van der Waals surface area (Å²) < 4.78 is 6.30. The summed E-state index contributed by atoms with van der Waals surface area (Å²) in [7, 11) is 0. The number of aromatic hydroxyl groups is 1. The largest absolute Gasteiger partial charge is 0.507 e. The van der Waals surface area contributed by atoms with Gasteiger partial charge in [0.15, 0.2) is 12.3 Å². The minimum Gasteiger partial charge on any atom is -0.507 e. The third-order valence-electron chi connectivity index (χ3n) is 5.22. The molecular formula is C25H28N4O6. The van der Waals surface area contributed by atoms with E-state index < -0.39 is 29.7 Å². The predicted molar refractivity (Wildman–Crippen MR) is 132 cm³/mol. The number of phenols is 1. The Hall–Kier alpha value is -4.34. The molecule has 1 amide bonds. The van der Waals surface area contributed by atoms with Gasteiger partial charge in [-0.3, -0.25) is 19.1 Å². The molecule has 10 nitrogen and oxygen atoms in total. The topological polar surface area (TPSA) is 148 Å². The van der Waals surface area contributed by atoms with Crippen molar-refractivity contribution in [1.29, 1.82) is 0 Å². The molecule has 0 saturated heterocycles. The molecule has 0 atom stereocenters. The number of amides is 1. The molecule has 1 heterocycles. The van der Waals surface area contributed by atoms with E-state index in [1.165, 1.54) is 16.7 Å². The molecule has 0 aliphatic carbocycles. The van der Waals surface area contributed by atoms with Crippen molar-refractivity contribution in [3.05, 3.63) is 86.1 Å². The normalized spacial score (nSPS) is 10.9. The number of esters is 1. The number of aromatic nitrogens is 2. The minimum absolute atomic E-state index is 0.0798. The van der Waals surface area contributed by atoms with E-state index in [0.29, 0.717) is 0 Å². The molecule has 184 valence electrons. The first kappa shape index (κ1) is 25.3. The molecule has 0 unspecified atom stereocenters. The highest BCUT2D eigenvalue weighted by Gasteiger charge is 2.26. The van der Waals surface area contributed by atoms with Crippen LogP contribution in [0.15, 0.2) is 58.1 Å². The molecule has 0 bridgehead atoms. The molecule has 2 aromatic carbocycles. The third kappa shape index (κ3) is 5.97. The molecule has 0 radical (unpaired) electrons. The van der Waals surface area contributed by atoms with Crippen LogP contribution < -0.4 is 21.9 Å². The summed E-state index contributed by atoms with van der Waals surface area (Å²) in [6.07, 6.45) is 0. The number of carbonyl (C=O) groups is 2. The van der Waals surface area contributed by atoms with E-state index in [1.54, 1.807) is 37.3 Å². The lowest BCUT2D eigenvalue weighted by molar-refractivity contribution is -0.121. The Bertz CT molecular complexity index is 1340. The Morgan fingerprint density at radius 1 is 1.14 bits per heavy atom. The quantitative estimate of drug-likeness (QED) is 0.418. The van der Waals surface area contributed by atoms with Crippen LogP contribution in [0.3, 0.4) is 0 Å². The number of phenolic OH excluding ortho intramolecular Hbond substituents is 1. The van der Waals surface area contributed by atoms with Gasteiger partial charge in [0.2, 0.25) is 0 Å². The Morgan fingerprint density at radius 3 is 2.49 bits per heavy atom. The van der Waals surface area contributed by atoms with Crippen LogP contribution in [0.4, 0.5) is 11.5 Å². The van der Waals surface area contributed by atoms with Crippen LogP contribution in [0.5, 0.6) is 5.75 Å². The second-order valence-corrected chi connectivity index (χ2v) is 8.56. The van der Waals surface area contributed by atoms with Crippen LogP contribution in [0.1, 0.15) is 35.3 Å². The van der Waals surface area contributed by atoms with Gasteiger partial charge in [-0.05, 0) is 30.5 Å². The van der Waals surface area contributed by atoms with E-state index in [2.05, 4.69) is 4.98 Å². The van der Waals surface area contributed by atoms with Crippen molar-refractivity contribution in [2.45, 2.75) is 27.3 Å². The molecule has 0 saturated carbocycles. The zero-order valence-electron chi connectivity index (χ0n) is 19.8. The summed E-state index contributed by atoms with van der Waals surface area (Å²) in [5.74, 6) is -2.13. The third-order valence-corrected chi connectivity index (χ3v) is 5.22. The van der Waals surface area contributed by atoms with Crippen molar-refractivity contribution >= 4 is 23.4 Å². The standard InChI is InChI=1S/C25H28N4O6/c1-15(2)12-28(20(31)14-35-24(33)18-11-16(3)9-10-19(18)30)21-22(26)29(25(34)27-23(21)32)13-17-7-5-4-6-8-17/h4-11,15,30H,12-14,26H2,1-3H3,(H,27,32,34). The number of nitrogens with zero attached hydrogens (tertiary/aromatic N) is 2. The second kappa shape index (κ2) is 10.7. The summed E-state index contributed by atoms with van der Waals surface area (Å²) in [5.41, 5.74) is 5.92. The Kier molecular flexibility index (Phi) is 7.75. The molecule has 3 rings (SSSR count). The molecule has 1 aromatic heterocycles. The van der Waals surface area contributed by atoms with Crippen molar-refractivity contribution in [2.75, 3.05) is 23.8 Å². The van der Waals surface area contributed by atoms with Crippen LogP contribution in [0.2, 0.25) is 0 Å². The number of nitrogen functional groups attached to an aromatic ring is 1. The molecule has 35 heavy (non-hydrogen) atoms. The summed E-state index contributed by atoms with van der Waals surface area (Å²) in [6, 6.07) is 13.5. The lowest BCUT2D eigenvalue weighted by Gasteiger charge is -2.26. The maximum atomic E-state index is 13.1. The zero-order chi connectivity index (χ0) is 25.7. The number of ether oxygens (including phenoxy) is 1. The fraction of sp³-hybridized carbons (Fsp3) is 0.280. The highest BCUT2D eigenvalue weighted by molar-refractivity contribution is 5.99. The number of hydrogen-bond donors (Lipinski definition) is 3. The number of aryl methyl sites for hydroxylation is 1. The number of rotatable bonds is 8. The van der Waals surface area contributed by atoms with E-state index in [1.807, 2.05) is 19.9 Å². The lowest BCUT2D eigenvalue weighted by Crippen LogP contribution is -2.44. The molecule has 0 aliphatic rings. The average molecular weight is 481 g/mol. The number of carbonyl (C=O) groups excluding carboxylic acids is 2. The van der Waals surface area contributed by atoms with E-state index in [9.17, 15) is 24.3 Å². The van der Waals surface area contributed by atoms with Gasteiger partial charge in [-0.1, -0.05) is 55.8 Å². The van der Waals surface area contributed by atoms with Gasteiger partial charge in [0.05, 0.1) is 6.54 Å². The Morgan fingerprint density at radius 2 is 1.83 bits per heavy atom. The first-order valence-electron chi connectivity index (χ1n) is 11.0. The van der Waals surface area contributed by atoms with Crippen molar-refractivity contribution < 1.29 is 19.4 Å². The molecule has 0 aliphatic heterocycles. The minimum atomic E-state index is -0.889. The average Bonchev–Trinajstić information content (AvgIpc) is 2.81. The smallest absolute Gasteiger partial charge is 0.342 e. The van der Waals surface area contributed by atoms with Gasteiger partial charge in [-0.15, -0.1) is 0 Å². The molecular weight excluding hydrogens is 452 g/mol. The van der Waals surface area contributed by atoms with Crippen LogP contribution in [-0.2, 0) is 16.1 Å². The fourth-order valence-corrected chi connectivity index (χ4v) is 3.54. The number of nitrogens with one attached hydrogen (secondary N) is 1. The first-order valence-corrected chi connectivity index (χ1v) is 11.0. The van der Waals surface area contributed by atoms with Crippen molar-refractivity contribution in [3.8, 4) is 5.75 Å². The number of aromatic amines is 1. The number of anilines is 2. The maximum Gasteiger partial charge on any atom is 0.342 e. The van der Waals surface area contributed by atoms with Gasteiger partial charge >= 0.3 is 11.7 Å². The number of hydrogen-bond acceptors (Lipinski definition) is 7. The Balaban J connectivity index is 1.92. The summed E-state index contributed by atoms with van der Waals surface area (Å²) in [6.45, 7) is 4.88. The molecule has 4 N–H and O–H groups in total. The van der Waals surface area contributed by atoms with Crippen LogP contribution >= 0.6 is 0 Å². The lowest BCUT2D eigenvalue weighted by atomic mass is 10.1. The SMILES string of the molecule is Cc1ccc(O)c(C(=O)OCC(=O)N(CC(C)C)c2c(N)n(Cc3ccccc3)c(=O)[nH]c2=O)c1. The summed E-state index contributed by atoms with van der Waals surface area (Å²) in [4.78, 5) is 54.1. The number of H-pyrrole nitrogens is 1. The van der Waals surface area contributed by atoms with E-state index >= 15 is 0 Å². The van der Waals surface area contributed by atoms with Gasteiger partial charge in [0, 0.05) is 6.54 Å². The van der Waals surface area contributed by atoms with Gasteiger partial charge < -0.3 is 20.5 Å². The van der Waals surface area contributed by atoms with Gasteiger partial charge in [-0.25, -0.2) is 9.59 Å². The molecule has 3 aromatic rings. The van der Waals surface area contributed by atoms with E-state index in [0.717, 1.165) is 16.0 Å². The number of benzene rings is 2. The second-order valence-electron chi connectivity index (χ2n) is 8.56. The maximum absolute atomic E-state index is 13.1. The van der Waals surface area contributed by atoms with Crippen LogP contribution in [0, 0.1) is 12.8 Å². The monoisotopic (exact) mass is 480 g/mol. The van der Waals surface area contributed by atoms with Crippen molar-refractivity contribution in [3.63, 3.8) is 0 Å². The van der Waals surface area contributed by atoms with Gasteiger partial charge in [-0.2, -0.15) is 0 Å². The molecule has 10 heteroatoms. The van der Waals surface area contributed by atoms with E-state index in [4.69, 9.17) is 10.5 Å². The zero-order valence-corrected chi connectivity index (χ0v) is 19.8. The first-order chi connectivity index (χ1) is 16.6.